The van der Waals surface area contributed by atoms with Gasteiger partial charge < -0.3 is 20.3 Å². The Bertz CT molecular complexity index is 1510. The Morgan fingerprint density at radius 2 is 1.55 bits per heavy atom. The summed E-state index contributed by atoms with van der Waals surface area (Å²) in [6.45, 7) is 22.6. The first kappa shape index (κ1) is 39.5. The van der Waals surface area contributed by atoms with E-state index in [1.807, 2.05) is 26.8 Å². The number of nitrogens with one attached hydrogen (secondary N) is 1. The number of carbonyl (C=O) groups is 5. The van der Waals surface area contributed by atoms with E-state index in [1.54, 1.807) is 0 Å². The maximum Gasteiger partial charge on any atom is 0.326 e. The molecule has 51 heavy (non-hydrogen) atoms. The van der Waals surface area contributed by atoms with Crippen molar-refractivity contribution in [2.75, 3.05) is 0 Å². The van der Waals surface area contributed by atoms with E-state index >= 15 is 0 Å². The minimum absolute atomic E-state index is 0.0427. The first-order valence-electron chi connectivity index (χ1n) is 19.5. The fraction of sp³-hybridized carbons (Fsp3) is 0.833. The van der Waals surface area contributed by atoms with Gasteiger partial charge in [-0.05, 0) is 124 Å². The molecule has 10 atom stereocenters. The van der Waals surface area contributed by atoms with Gasteiger partial charge in [0, 0.05) is 16.7 Å². The second kappa shape index (κ2) is 12.7. The van der Waals surface area contributed by atoms with Crippen molar-refractivity contribution in [1.82, 2.24) is 5.32 Å². The largest absolute Gasteiger partial charge is 0.481 e. The molecule has 9 nitrogen and oxygen atoms in total. The van der Waals surface area contributed by atoms with Gasteiger partial charge in [-0.2, -0.15) is 0 Å². The van der Waals surface area contributed by atoms with Crippen LogP contribution in [0, 0.1) is 61.6 Å². The lowest BCUT2D eigenvalue weighted by Crippen LogP contribution is -2.67. The first-order chi connectivity index (χ1) is 23.3. The molecule has 0 aromatic heterocycles. The number of esters is 1. The van der Waals surface area contributed by atoms with Crippen LogP contribution in [0.3, 0.4) is 0 Å². The number of carboxylic acids is 2. The molecular weight excluding hydrogens is 646 g/mol. The second-order valence-electron chi connectivity index (χ2n) is 20.5. The van der Waals surface area contributed by atoms with E-state index in [-0.39, 0.29) is 69.5 Å². The number of carbonyl (C=O) groups excluding carboxylic acids is 3. The van der Waals surface area contributed by atoms with Gasteiger partial charge in [-0.25, -0.2) is 4.79 Å². The summed E-state index contributed by atoms with van der Waals surface area (Å²) >= 11 is 0. The Kier molecular flexibility index (Phi) is 9.84. The molecular formula is C42H65NO8. The number of carboxylic acid groups (broad SMARTS) is 2. The molecule has 0 spiro atoms. The SMILES string of the molecule is CC(C)CC(NC(=O)[C@@]1(C)CC[C@]2(C)CC[C@]3(C)C(=CC(=O)[C@@H]4[C@@]5(C)CC[C@H](OC(=O)CC(C)(C)C(=O)O)C(C)(C)[C@@H]5CC[C@]43C)[C@@H]2C1)C(=O)O. The third kappa shape index (κ3) is 6.28. The number of ether oxygens (including phenoxy) is 1. The van der Waals surface area contributed by atoms with Crippen LogP contribution < -0.4 is 5.32 Å². The number of rotatable bonds is 9. The normalized spacial score (nSPS) is 40.8. The zero-order valence-corrected chi connectivity index (χ0v) is 33.2. The van der Waals surface area contributed by atoms with E-state index < -0.39 is 40.2 Å². The van der Waals surface area contributed by atoms with Gasteiger partial charge in [0.1, 0.15) is 12.1 Å². The number of allylic oxidation sites excluding steroid dienone is 2. The minimum Gasteiger partial charge on any atom is -0.481 e. The van der Waals surface area contributed by atoms with Crippen LogP contribution in [0.5, 0.6) is 0 Å². The van der Waals surface area contributed by atoms with Gasteiger partial charge in [0.2, 0.25) is 5.91 Å². The minimum atomic E-state index is -1.21. The standard InChI is InChI=1S/C42H65NO8/c1-24(2)20-27(33(46)47)43-34(48)39(8)17-16-38(7)18-19-41(10)25(26(38)22-39)21-28(44)32-40(9)14-13-30(51-31(45)23-36(3,4)35(49)50)37(5,6)29(40)12-15-42(32,41)11/h21,24,26-27,29-30,32H,12-20,22-23H2,1-11H3,(H,43,48)(H,46,47)(H,49,50)/t26-,27?,29-,30-,32+,38+,39-,40-,41+,42+/m0/s1. The molecule has 3 N–H and O–H groups in total. The molecule has 0 aromatic carbocycles. The summed E-state index contributed by atoms with van der Waals surface area (Å²) in [5.41, 5.74) is -2.06. The molecule has 0 heterocycles. The summed E-state index contributed by atoms with van der Waals surface area (Å²) in [7, 11) is 0. The molecule has 5 rings (SSSR count). The Hall–Kier alpha value is -2.71. The van der Waals surface area contributed by atoms with E-state index in [4.69, 9.17) is 4.74 Å². The quantitative estimate of drug-likeness (QED) is 0.204. The summed E-state index contributed by atoms with van der Waals surface area (Å²) in [6, 6.07) is -0.926. The molecule has 5 aliphatic rings. The molecule has 0 aliphatic heterocycles. The van der Waals surface area contributed by atoms with Gasteiger partial charge in [0.25, 0.3) is 0 Å². The van der Waals surface area contributed by atoms with Crippen LogP contribution in [0.15, 0.2) is 11.6 Å². The smallest absolute Gasteiger partial charge is 0.326 e. The maximum atomic E-state index is 14.8. The third-order valence-electron chi connectivity index (χ3n) is 15.8. The van der Waals surface area contributed by atoms with Crippen molar-refractivity contribution in [3.63, 3.8) is 0 Å². The van der Waals surface area contributed by atoms with Crippen molar-refractivity contribution in [2.24, 2.45) is 61.6 Å². The predicted octanol–water partition coefficient (Wildman–Crippen LogP) is 8.00. The van der Waals surface area contributed by atoms with Crippen LogP contribution in [0.2, 0.25) is 0 Å². The predicted molar refractivity (Wildman–Crippen MR) is 194 cm³/mol. The molecule has 0 bridgehead atoms. The van der Waals surface area contributed by atoms with Gasteiger partial charge >= 0.3 is 17.9 Å². The Balaban J connectivity index is 1.44. The summed E-state index contributed by atoms with van der Waals surface area (Å²) in [4.78, 5) is 65.6. The lowest BCUT2D eigenvalue weighted by Gasteiger charge is -2.70. The Morgan fingerprint density at radius 3 is 2.14 bits per heavy atom. The van der Waals surface area contributed by atoms with E-state index in [1.165, 1.54) is 19.4 Å². The van der Waals surface area contributed by atoms with Crippen LogP contribution >= 0.6 is 0 Å². The highest BCUT2D eigenvalue weighted by Gasteiger charge is 2.70. The number of aliphatic carboxylic acids is 2. The van der Waals surface area contributed by atoms with Gasteiger partial charge in [0.05, 0.1) is 11.8 Å². The van der Waals surface area contributed by atoms with Crippen molar-refractivity contribution >= 4 is 29.6 Å². The highest BCUT2D eigenvalue weighted by atomic mass is 16.5. The van der Waals surface area contributed by atoms with Crippen LogP contribution in [-0.2, 0) is 28.7 Å². The first-order valence-corrected chi connectivity index (χ1v) is 19.5. The maximum absolute atomic E-state index is 14.8. The van der Waals surface area contributed by atoms with Crippen molar-refractivity contribution in [3.05, 3.63) is 11.6 Å². The van der Waals surface area contributed by atoms with Crippen LogP contribution in [0.4, 0.5) is 0 Å². The van der Waals surface area contributed by atoms with Gasteiger partial charge in [-0.3, -0.25) is 19.2 Å². The zero-order chi connectivity index (χ0) is 38.3. The molecule has 0 saturated heterocycles. The lowest BCUT2D eigenvalue weighted by molar-refractivity contribution is -0.211. The van der Waals surface area contributed by atoms with Gasteiger partial charge in [0.15, 0.2) is 5.78 Å². The van der Waals surface area contributed by atoms with Crippen LogP contribution in [-0.4, -0.2) is 52.0 Å². The molecule has 1 unspecified atom stereocenters. The molecule has 1 amide bonds. The van der Waals surface area contributed by atoms with Gasteiger partial charge in [-0.15, -0.1) is 0 Å². The van der Waals surface area contributed by atoms with E-state index in [9.17, 15) is 34.2 Å². The van der Waals surface area contributed by atoms with E-state index in [0.29, 0.717) is 25.7 Å². The number of hydrogen-bond acceptors (Lipinski definition) is 6. The Labute approximate surface area is 305 Å². The molecule has 0 radical (unpaired) electrons. The Morgan fingerprint density at radius 1 is 0.922 bits per heavy atom. The number of amides is 1. The molecule has 5 aliphatic carbocycles. The molecule has 4 fully saturated rings. The van der Waals surface area contributed by atoms with Crippen molar-refractivity contribution in [3.8, 4) is 0 Å². The average Bonchev–Trinajstić information content (AvgIpc) is 2.99. The third-order valence-corrected chi connectivity index (χ3v) is 15.8. The molecule has 0 aromatic rings. The summed E-state index contributed by atoms with van der Waals surface area (Å²) in [5, 5.41) is 22.4. The monoisotopic (exact) mass is 711 g/mol. The van der Waals surface area contributed by atoms with Crippen molar-refractivity contribution in [2.45, 2.75) is 159 Å². The highest BCUT2D eigenvalue weighted by Crippen LogP contribution is 2.75. The number of ketones is 1. The summed E-state index contributed by atoms with van der Waals surface area (Å²) < 4.78 is 6.08. The van der Waals surface area contributed by atoms with E-state index in [0.717, 1.165) is 38.5 Å². The van der Waals surface area contributed by atoms with Crippen molar-refractivity contribution in [1.29, 1.82) is 0 Å². The van der Waals surface area contributed by atoms with Gasteiger partial charge in [-0.1, -0.05) is 67.9 Å². The molecule has 4 saturated carbocycles. The number of fused-ring (bicyclic) bond motifs is 7. The topological polar surface area (TPSA) is 147 Å². The van der Waals surface area contributed by atoms with Crippen LogP contribution in [0.1, 0.15) is 147 Å². The fourth-order valence-electron chi connectivity index (χ4n) is 12.2. The lowest BCUT2D eigenvalue weighted by atomic mass is 9.33. The number of hydrogen-bond donors (Lipinski definition) is 3. The average molecular weight is 712 g/mol. The van der Waals surface area contributed by atoms with E-state index in [2.05, 4.69) is 46.9 Å². The highest BCUT2D eigenvalue weighted by molar-refractivity contribution is 5.96. The van der Waals surface area contributed by atoms with Crippen LogP contribution in [0.25, 0.3) is 0 Å². The summed E-state index contributed by atoms with van der Waals surface area (Å²) in [5.74, 6) is -2.44. The second-order valence-corrected chi connectivity index (χ2v) is 20.5. The molecule has 286 valence electrons. The van der Waals surface area contributed by atoms with Crippen molar-refractivity contribution < 1.29 is 38.9 Å². The zero-order valence-electron chi connectivity index (χ0n) is 33.2. The summed E-state index contributed by atoms with van der Waals surface area (Å²) in [6.07, 6.45) is 9.06. The fourth-order valence-corrected chi connectivity index (χ4v) is 12.2. The molecule has 9 heteroatoms.